The number of benzene rings is 4. The Balaban J connectivity index is 1.58. The quantitative estimate of drug-likeness (QED) is 0.0606. The molecule has 1 aliphatic heterocycles. The van der Waals surface area contributed by atoms with E-state index in [-0.39, 0.29) is 37.9 Å². The van der Waals surface area contributed by atoms with Crippen LogP contribution in [-0.2, 0) is 22.6 Å². The Morgan fingerprint density at radius 2 is 1.81 bits per heavy atom. The molecule has 4 aromatic rings. The second-order valence-corrected chi connectivity index (χ2v) is 11.7. The van der Waals surface area contributed by atoms with Gasteiger partial charge in [0, 0.05) is 46.5 Å². The lowest BCUT2D eigenvalue weighted by Gasteiger charge is -2.31. The lowest BCUT2D eigenvalue weighted by molar-refractivity contribution is -0.129. The highest BCUT2D eigenvalue weighted by Crippen LogP contribution is 2.44. The average molecular weight is 671 g/mol. The molecular formula is C36H33Cl2N5O4. The molecule has 0 bridgehead atoms. The van der Waals surface area contributed by atoms with Gasteiger partial charge in [-0.2, -0.15) is 0 Å². The summed E-state index contributed by atoms with van der Waals surface area (Å²) in [6.07, 6.45) is 3.70. The standard InChI is InChI=1S/C36H33Cl2N5O4/c37-29-16-13-28(32(38)22-29)23-40-35(45)36(19-6-10-25-8-2-1-3-9-25)33(31-12-5-4-11-27(31)24-41-43-39)47-34(42-36)26-14-17-30(18-15-26)46-21-7-20-44/h1-6,8-18,22,33,44H,7,19-21,23-24H2,(H,40,45)/b10-6+/t33-,36-/m1/s1. The number of aliphatic imine (C=N–C) groups is 1. The highest BCUT2D eigenvalue weighted by molar-refractivity contribution is 6.35. The molecule has 0 fully saturated rings. The van der Waals surface area contributed by atoms with Gasteiger partial charge in [0.25, 0.3) is 5.91 Å². The van der Waals surface area contributed by atoms with Crippen LogP contribution in [0, 0.1) is 0 Å². The second-order valence-electron chi connectivity index (χ2n) is 10.8. The monoisotopic (exact) mass is 669 g/mol. The summed E-state index contributed by atoms with van der Waals surface area (Å²) in [7, 11) is 0. The molecule has 2 atom stereocenters. The van der Waals surface area contributed by atoms with Crippen molar-refractivity contribution in [2.24, 2.45) is 10.1 Å². The molecule has 1 amide bonds. The van der Waals surface area contributed by atoms with Gasteiger partial charge in [0.1, 0.15) is 5.75 Å². The summed E-state index contributed by atoms with van der Waals surface area (Å²) in [6, 6.07) is 29.5. The van der Waals surface area contributed by atoms with Crippen LogP contribution in [0.1, 0.15) is 46.8 Å². The molecule has 5 rings (SSSR count). The van der Waals surface area contributed by atoms with E-state index in [1.165, 1.54) is 0 Å². The number of aliphatic hydroxyl groups is 1. The summed E-state index contributed by atoms with van der Waals surface area (Å²) in [5.74, 6) is 0.541. The summed E-state index contributed by atoms with van der Waals surface area (Å²) < 4.78 is 12.3. The van der Waals surface area contributed by atoms with E-state index < -0.39 is 11.6 Å². The second kappa shape index (κ2) is 16.2. The Morgan fingerprint density at radius 3 is 2.55 bits per heavy atom. The first kappa shape index (κ1) is 33.6. The van der Waals surface area contributed by atoms with Crippen molar-refractivity contribution in [3.8, 4) is 5.75 Å². The Bertz CT molecular complexity index is 1790. The van der Waals surface area contributed by atoms with E-state index in [0.717, 1.165) is 5.56 Å². The zero-order chi connectivity index (χ0) is 33.1. The lowest BCUT2D eigenvalue weighted by atomic mass is 9.82. The van der Waals surface area contributed by atoms with Crippen molar-refractivity contribution in [2.75, 3.05) is 13.2 Å². The van der Waals surface area contributed by atoms with E-state index in [0.29, 0.717) is 51.1 Å². The molecule has 47 heavy (non-hydrogen) atoms. The van der Waals surface area contributed by atoms with Crippen LogP contribution in [0.5, 0.6) is 5.75 Å². The maximum atomic E-state index is 14.5. The molecule has 1 heterocycles. The molecule has 0 spiro atoms. The zero-order valence-corrected chi connectivity index (χ0v) is 26.9. The van der Waals surface area contributed by atoms with Crippen LogP contribution < -0.4 is 10.1 Å². The summed E-state index contributed by atoms with van der Waals surface area (Å²) in [5.41, 5.74) is 11.3. The maximum Gasteiger partial charge on any atom is 0.252 e. The van der Waals surface area contributed by atoms with Crippen molar-refractivity contribution in [3.63, 3.8) is 0 Å². The van der Waals surface area contributed by atoms with Gasteiger partial charge in [-0.15, -0.1) is 0 Å². The van der Waals surface area contributed by atoms with E-state index in [9.17, 15) is 4.79 Å². The number of azide groups is 1. The third-order valence-corrected chi connectivity index (χ3v) is 8.25. The number of hydrogen-bond donors (Lipinski definition) is 2. The van der Waals surface area contributed by atoms with Gasteiger partial charge in [-0.1, -0.05) is 101 Å². The molecule has 9 nitrogen and oxygen atoms in total. The zero-order valence-electron chi connectivity index (χ0n) is 25.4. The number of aliphatic hydroxyl groups excluding tert-OH is 1. The van der Waals surface area contributed by atoms with E-state index in [1.54, 1.807) is 30.3 Å². The highest BCUT2D eigenvalue weighted by Gasteiger charge is 2.53. The summed E-state index contributed by atoms with van der Waals surface area (Å²) in [5, 5.41) is 16.9. The number of ether oxygens (including phenoxy) is 2. The van der Waals surface area contributed by atoms with Gasteiger partial charge in [-0.05, 0) is 64.2 Å². The molecule has 0 unspecified atom stereocenters. The molecule has 0 saturated heterocycles. The van der Waals surface area contributed by atoms with Crippen molar-refractivity contribution in [1.82, 2.24) is 5.32 Å². The Kier molecular flexibility index (Phi) is 11.5. The number of halogens is 2. The normalized spacial score (nSPS) is 17.1. The van der Waals surface area contributed by atoms with Crippen molar-refractivity contribution in [2.45, 2.75) is 37.6 Å². The minimum absolute atomic E-state index is 0.0400. The lowest BCUT2D eigenvalue weighted by Crippen LogP contribution is -2.48. The van der Waals surface area contributed by atoms with Crippen LogP contribution in [0.15, 0.2) is 113 Å². The molecule has 4 aromatic carbocycles. The molecule has 0 saturated carbocycles. The fourth-order valence-electron chi connectivity index (χ4n) is 5.27. The van der Waals surface area contributed by atoms with Crippen molar-refractivity contribution >= 4 is 41.1 Å². The molecule has 240 valence electrons. The highest BCUT2D eigenvalue weighted by atomic mass is 35.5. The Hall–Kier alpha value is -4.79. The molecule has 11 heteroatoms. The van der Waals surface area contributed by atoms with Crippen LogP contribution in [0.4, 0.5) is 0 Å². The molecule has 2 N–H and O–H groups in total. The number of rotatable bonds is 14. The topological polar surface area (TPSA) is 129 Å². The minimum Gasteiger partial charge on any atom is -0.494 e. The first-order chi connectivity index (χ1) is 22.9. The van der Waals surface area contributed by atoms with Gasteiger partial charge in [-0.25, -0.2) is 4.99 Å². The largest absolute Gasteiger partial charge is 0.494 e. The third-order valence-electron chi connectivity index (χ3n) is 7.67. The number of carbonyl (C=O) groups is 1. The smallest absolute Gasteiger partial charge is 0.252 e. The number of carbonyl (C=O) groups excluding carboxylic acids is 1. The summed E-state index contributed by atoms with van der Waals surface area (Å²) in [6.45, 7) is 0.626. The van der Waals surface area contributed by atoms with Crippen molar-refractivity contribution in [1.29, 1.82) is 0 Å². The average Bonchev–Trinajstić information content (AvgIpc) is 3.48. The van der Waals surface area contributed by atoms with E-state index in [2.05, 4.69) is 15.3 Å². The fraction of sp³-hybridized carbons (Fsp3) is 0.222. The van der Waals surface area contributed by atoms with Gasteiger partial charge in [-0.3, -0.25) is 4.79 Å². The van der Waals surface area contributed by atoms with Crippen LogP contribution >= 0.6 is 23.2 Å². The van der Waals surface area contributed by atoms with E-state index in [4.69, 9.17) is 48.3 Å². The predicted octanol–water partition coefficient (Wildman–Crippen LogP) is 8.24. The Morgan fingerprint density at radius 1 is 1.04 bits per heavy atom. The number of hydrogen-bond acceptors (Lipinski definition) is 6. The summed E-state index contributed by atoms with van der Waals surface area (Å²) >= 11 is 12.6. The maximum absolute atomic E-state index is 14.5. The first-order valence-electron chi connectivity index (χ1n) is 15.1. The van der Waals surface area contributed by atoms with E-state index >= 15 is 0 Å². The van der Waals surface area contributed by atoms with Crippen LogP contribution in [0.3, 0.4) is 0 Å². The molecular weight excluding hydrogens is 637 g/mol. The number of nitrogens with one attached hydrogen (secondary N) is 1. The fourth-order valence-corrected chi connectivity index (χ4v) is 5.74. The molecule has 0 radical (unpaired) electrons. The SMILES string of the molecule is [N-]=[N+]=NCc1ccccc1[C@H]1OC(c2ccc(OCCCO)cc2)=N[C@@]1(C/C=C/c1ccccc1)C(=O)NCc1ccc(Cl)cc1Cl. The summed E-state index contributed by atoms with van der Waals surface area (Å²) in [4.78, 5) is 22.5. The first-order valence-corrected chi connectivity index (χ1v) is 15.8. The van der Waals surface area contributed by atoms with Crippen molar-refractivity contribution in [3.05, 3.63) is 151 Å². The Labute approximate surface area is 283 Å². The van der Waals surface area contributed by atoms with Gasteiger partial charge in [0.05, 0.1) is 13.2 Å². The number of amides is 1. The third kappa shape index (κ3) is 8.33. The van der Waals surface area contributed by atoms with Crippen LogP contribution in [-0.4, -0.2) is 35.7 Å². The van der Waals surface area contributed by atoms with Gasteiger partial charge in [0.15, 0.2) is 11.6 Å². The minimum atomic E-state index is -1.46. The van der Waals surface area contributed by atoms with Gasteiger partial charge >= 0.3 is 0 Å². The van der Waals surface area contributed by atoms with E-state index in [1.807, 2.05) is 78.9 Å². The number of nitrogens with zero attached hydrogens (tertiary/aromatic N) is 4. The molecule has 0 aromatic heterocycles. The predicted molar refractivity (Wildman–Crippen MR) is 184 cm³/mol. The van der Waals surface area contributed by atoms with Gasteiger partial charge in [0.2, 0.25) is 5.90 Å². The molecule has 0 aliphatic carbocycles. The molecule has 1 aliphatic rings. The van der Waals surface area contributed by atoms with Crippen LogP contribution in [0.25, 0.3) is 16.5 Å². The van der Waals surface area contributed by atoms with Crippen LogP contribution in [0.2, 0.25) is 10.0 Å². The van der Waals surface area contributed by atoms with Crippen molar-refractivity contribution < 1.29 is 19.4 Å². The van der Waals surface area contributed by atoms with Gasteiger partial charge < -0.3 is 19.9 Å².